The number of phenols is 3. The van der Waals surface area contributed by atoms with Gasteiger partial charge in [-0.25, -0.2) is 0 Å². The molecule has 0 unspecified atom stereocenters. The Bertz CT molecular complexity index is 397. The van der Waals surface area contributed by atoms with Crippen LogP contribution < -0.4 is 0 Å². The number of hydrogen-bond acceptors (Lipinski definition) is 3. The molecule has 0 radical (unpaired) electrons. The van der Waals surface area contributed by atoms with Gasteiger partial charge in [-0.05, 0) is 31.2 Å². The molecule has 0 aromatic heterocycles. The molecule has 3 N–H and O–H groups in total. The van der Waals surface area contributed by atoms with Crippen LogP contribution in [0.15, 0.2) is 48.5 Å². The fraction of sp³-hybridized carbons (Fsp3) is 0.0769. The molecular formula is C13H14O3. The first-order chi connectivity index (χ1) is 7.58. The zero-order valence-corrected chi connectivity index (χ0v) is 8.96. The second-order valence-corrected chi connectivity index (χ2v) is 3.36. The summed E-state index contributed by atoms with van der Waals surface area (Å²) in [6.45, 7) is 1.99. The van der Waals surface area contributed by atoms with E-state index in [9.17, 15) is 0 Å². The van der Waals surface area contributed by atoms with Gasteiger partial charge < -0.3 is 15.3 Å². The van der Waals surface area contributed by atoms with Crippen molar-refractivity contribution in [1.82, 2.24) is 0 Å². The number of hydrogen-bond donors (Lipinski definition) is 3. The lowest BCUT2D eigenvalue weighted by Gasteiger charge is -1.89. The van der Waals surface area contributed by atoms with Crippen molar-refractivity contribution < 1.29 is 15.3 Å². The molecule has 0 amide bonds. The number of aromatic hydroxyl groups is 3. The fourth-order valence-corrected chi connectivity index (χ4v) is 1.04. The highest BCUT2D eigenvalue weighted by Crippen LogP contribution is 2.14. The van der Waals surface area contributed by atoms with E-state index in [1.54, 1.807) is 18.2 Å². The summed E-state index contributed by atoms with van der Waals surface area (Å²) >= 11 is 0. The average Bonchev–Trinajstić information content (AvgIpc) is 2.23. The first-order valence-electron chi connectivity index (χ1n) is 4.81. The number of benzene rings is 2. The lowest BCUT2D eigenvalue weighted by molar-refractivity contribution is 0.450. The van der Waals surface area contributed by atoms with Crippen LogP contribution in [0.1, 0.15) is 5.56 Å². The van der Waals surface area contributed by atoms with E-state index in [0.29, 0.717) is 5.75 Å². The van der Waals surface area contributed by atoms with E-state index in [1.165, 1.54) is 23.8 Å². The first kappa shape index (κ1) is 11.9. The highest BCUT2D eigenvalue weighted by molar-refractivity contribution is 5.30. The Balaban J connectivity index is 0.000000160. The van der Waals surface area contributed by atoms with Crippen molar-refractivity contribution in [3.63, 3.8) is 0 Å². The third kappa shape index (κ3) is 4.37. The predicted molar refractivity (Wildman–Crippen MR) is 62.6 cm³/mol. The summed E-state index contributed by atoms with van der Waals surface area (Å²) in [4.78, 5) is 0. The summed E-state index contributed by atoms with van der Waals surface area (Å²) in [6.07, 6.45) is 0. The molecule has 16 heavy (non-hydrogen) atoms. The molecule has 2 aromatic rings. The smallest absolute Gasteiger partial charge is 0.119 e. The molecule has 0 aliphatic rings. The van der Waals surface area contributed by atoms with Gasteiger partial charge in [0.15, 0.2) is 0 Å². The molecular weight excluding hydrogens is 204 g/mol. The predicted octanol–water partition coefficient (Wildman–Crippen LogP) is 2.80. The summed E-state index contributed by atoms with van der Waals surface area (Å²) in [5, 5.41) is 26.1. The minimum Gasteiger partial charge on any atom is -0.508 e. The van der Waals surface area contributed by atoms with Crippen LogP contribution in [-0.4, -0.2) is 15.3 Å². The second-order valence-electron chi connectivity index (χ2n) is 3.36. The standard InChI is InChI=1S/C7H8O.C6H6O2/c1-6-2-4-7(8)5-3-6;7-5-2-1-3-6(8)4-5/h2-5,8H,1H3;1-4,7-8H. The summed E-state index contributed by atoms with van der Waals surface area (Å²) in [6, 6.07) is 12.9. The van der Waals surface area contributed by atoms with Crippen LogP contribution in [0.5, 0.6) is 17.2 Å². The van der Waals surface area contributed by atoms with E-state index in [1.807, 2.05) is 19.1 Å². The zero-order valence-electron chi connectivity index (χ0n) is 8.96. The molecule has 0 aliphatic carbocycles. The summed E-state index contributed by atoms with van der Waals surface area (Å²) in [5.41, 5.74) is 1.17. The molecule has 0 saturated carbocycles. The van der Waals surface area contributed by atoms with Gasteiger partial charge in [-0.1, -0.05) is 23.8 Å². The largest absolute Gasteiger partial charge is 0.508 e. The van der Waals surface area contributed by atoms with Crippen molar-refractivity contribution in [3.8, 4) is 17.2 Å². The fourth-order valence-electron chi connectivity index (χ4n) is 1.04. The van der Waals surface area contributed by atoms with Gasteiger partial charge in [0, 0.05) is 6.07 Å². The van der Waals surface area contributed by atoms with Crippen LogP contribution >= 0.6 is 0 Å². The van der Waals surface area contributed by atoms with Gasteiger partial charge in [-0.15, -0.1) is 0 Å². The summed E-state index contributed by atoms with van der Waals surface area (Å²) in [5.74, 6) is 0.505. The Morgan fingerprint density at radius 1 is 0.688 bits per heavy atom. The van der Waals surface area contributed by atoms with E-state index >= 15 is 0 Å². The van der Waals surface area contributed by atoms with Gasteiger partial charge in [0.25, 0.3) is 0 Å². The maximum Gasteiger partial charge on any atom is 0.119 e. The van der Waals surface area contributed by atoms with Gasteiger partial charge in [-0.2, -0.15) is 0 Å². The molecule has 2 aromatic carbocycles. The zero-order chi connectivity index (χ0) is 12.0. The Morgan fingerprint density at radius 3 is 1.50 bits per heavy atom. The van der Waals surface area contributed by atoms with Crippen molar-refractivity contribution in [2.45, 2.75) is 6.92 Å². The number of phenolic OH excluding ortho intramolecular Hbond substituents is 3. The third-order valence-corrected chi connectivity index (χ3v) is 1.86. The monoisotopic (exact) mass is 218 g/mol. The van der Waals surface area contributed by atoms with Crippen LogP contribution in [0.4, 0.5) is 0 Å². The Labute approximate surface area is 94.2 Å². The van der Waals surface area contributed by atoms with Crippen LogP contribution in [-0.2, 0) is 0 Å². The lowest BCUT2D eigenvalue weighted by Crippen LogP contribution is -1.66. The average molecular weight is 218 g/mol. The molecule has 3 nitrogen and oxygen atoms in total. The van der Waals surface area contributed by atoms with Gasteiger partial charge in [-0.3, -0.25) is 0 Å². The Morgan fingerprint density at radius 2 is 1.19 bits per heavy atom. The van der Waals surface area contributed by atoms with Crippen LogP contribution in [0.2, 0.25) is 0 Å². The third-order valence-electron chi connectivity index (χ3n) is 1.86. The maximum absolute atomic E-state index is 8.76. The minimum atomic E-state index is 0.0880. The minimum absolute atomic E-state index is 0.0880. The van der Waals surface area contributed by atoms with Crippen LogP contribution in [0.3, 0.4) is 0 Å². The van der Waals surface area contributed by atoms with Crippen molar-refractivity contribution in [2.75, 3.05) is 0 Å². The molecule has 0 heterocycles. The lowest BCUT2D eigenvalue weighted by atomic mass is 10.2. The van der Waals surface area contributed by atoms with Gasteiger partial charge in [0.2, 0.25) is 0 Å². The summed E-state index contributed by atoms with van der Waals surface area (Å²) in [7, 11) is 0. The molecule has 3 heteroatoms. The van der Waals surface area contributed by atoms with Gasteiger partial charge in [0.1, 0.15) is 17.2 Å². The summed E-state index contributed by atoms with van der Waals surface area (Å²) < 4.78 is 0. The molecule has 0 spiro atoms. The van der Waals surface area contributed by atoms with Gasteiger partial charge in [0.05, 0.1) is 0 Å². The van der Waals surface area contributed by atoms with E-state index in [-0.39, 0.29) is 11.5 Å². The molecule has 84 valence electrons. The number of aryl methyl sites for hydroxylation is 1. The SMILES string of the molecule is Cc1ccc(O)cc1.Oc1cccc(O)c1. The van der Waals surface area contributed by atoms with E-state index < -0.39 is 0 Å². The normalized spacial score (nSPS) is 9.06. The van der Waals surface area contributed by atoms with Crippen LogP contribution in [0, 0.1) is 6.92 Å². The molecule has 0 atom stereocenters. The van der Waals surface area contributed by atoms with Crippen molar-refractivity contribution in [3.05, 3.63) is 54.1 Å². The molecule has 0 bridgehead atoms. The quantitative estimate of drug-likeness (QED) is 0.637. The maximum atomic E-state index is 8.76. The molecule has 0 fully saturated rings. The van der Waals surface area contributed by atoms with Gasteiger partial charge >= 0.3 is 0 Å². The molecule has 2 rings (SSSR count). The highest BCUT2D eigenvalue weighted by atomic mass is 16.3. The van der Waals surface area contributed by atoms with E-state index in [0.717, 1.165) is 0 Å². The number of rotatable bonds is 0. The highest BCUT2D eigenvalue weighted by Gasteiger charge is 1.85. The van der Waals surface area contributed by atoms with Crippen molar-refractivity contribution in [1.29, 1.82) is 0 Å². The topological polar surface area (TPSA) is 60.7 Å². The van der Waals surface area contributed by atoms with Crippen molar-refractivity contribution >= 4 is 0 Å². The molecule has 0 saturated heterocycles. The first-order valence-corrected chi connectivity index (χ1v) is 4.81. The van der Waals surface area contributed by atoms with E-state index in [4.69, 9.17) is 15.3 Å². The molecule has 0 aliphatic heterocycles. The van der Waals surface area contributed by atoms with E-state index in [2.05, 4.69) is 0 Å². The van der Waals surface area contributed by atoms with Crippen molar-refractivity contribution in [2.24, 2.45) is 0 Å². The Hall–Kier alpha value is -2.16. The second kappa shape index (κ2) is 5.66. The Kier molecular flexibility index (Phi) is 4.21. The van der Waals surface area contributed by atoms with Crippen LogP contribution in [0.25, 0.3) is 0 Å².